The first kappa shape index (κ1) is 22.1. The van der Waals surface area contributed by atoms with Crippen LogP contribution in [0.3, 0.4) is 0 Å². The Hall–Kier alpha value is -3.74. The van der Waals surface area contributed by atoms with Gasteiger partial charge in [-0.2, -0.15) is 9.50 Å². The number of rotatable bonds is 5. The lowest BCUT2D eigenvalue weighted by atomic mass is 9.99. The summed E-state index contributed by atoms with van der Waals surface area (Å²) in [5.41, 5.74) is 3.06. The van der Waals surface area contributed by atoms with Crippen molar-refractivity contribution in [2.45, 2.75) is 39.7 Å². The van der Waals surface area contributed by atoms with Crippen LogP contribution in [0.25, 0.3) is 17.2 Å². The van der Waals surface area contributed by atoms with Crippen LogP contribution in [0, 0.1) is 12.8 Å². The van der Waals surface area contributed by atoms with E-state index in [9.17, 15) is 9.59 Å². The van der Waals surface area contributed by atoms with E-state index in [1.807, 2.05) is 77.1 Å². The molecule has 0 N–H and O–H groups in total. The largest absolute Gasteiger partial charge is 0.341 e. The molecule has 7 heteroatoms. The van der Waals surface area contributed by atoms with Crippen LogP contribution in [-0.4, -0.2) is 43.1 Å². The lowest BCUT2D eigenvalue weighted by molar-refractivity contribution is -0.133. The fourth-order valence-electron chi connectivity index (χ4n) is 4.61. The molecule has 0 unspecified atom stereocenters. The number of hydrogen-bond donors (Lipinski definition) is 0. The molecule has 5 rings (SSSR count). The van der Waals surface area contributed by atoms with Gasteiger partial charge in [0.25, 0.3) is 5.56 Å². The van der Waals surface area contributed by atoms with Crippen molar-refractivity contribution >= 4 is 11.7 Å². The van der Waals surface area contributed by atoms with Crippen molar-refractivity contribution in [1.82, 2.24) is 24.1 Å². The standard InChI is InChI=1S/C27H29N5O2/c1-19-13-15-30(16-14-19)24(33)18-31-20(2)23(17-21-9-5-3-6-10-21)26(34)32-27(31)28-25(29-32)22-11-7-4-8-12-22/h3-12,19H,13-18H2,1-2H3. The molecule has 1 saturated heterocycles. The zero-order chi connectivity index (χ0) is 23.7. The van der Waals surface area contributed by atoms with Gasteiger partial charge in [0.05, 0.1) is 0 Å². The van der Waals surface area contributed by atoms with E-state index in [0.29, 0.717) is 29.5 Å². The van der Waals surface area contributed by atoms with Gasteiger partial charge < -0.3 is 9.47 Å². The van der Waals surface area contributed by atoms with Gasteiger partial charge in [0.15, 0.2) is 5.82 Å². The highest BCUT2D eigenvalue weighted by molar-refractivity contribution is 5.77. The minimum absolute atomic E-state index is 0.0514. The molecule has 0 bridgehead atoms. The fraction of sp³-hybridized carbons (Fsp3) is 0.333. The van der Waals surface area contributed by atoms with Crippen molar-refractivity contribution in [3.05, 3.63) is 87.8 Å². The van der Waals surface area contributed by atoms with Crippen LogP contribution in [0.2, 0.25) is 0 Å². The van der Waals surface area contributed by atoms with Crippen molar-refractivity contribution in [1.29, 1.82) is 0 Å². The SMILES string of the molecule is Cc1c(Cc2ccccc2)c(=O)n2nc(-c3ccccc3)nc2n1CC(=O)N1CCC(C)CC1. The van der Waals surface area contributed by atoms with Crippen molar-refractivity contribution < 1.29 is 4.79 Å². The molecular weight excluding hydrogens is 426 g/mol. The predicted molar refractivity (Wildman–Crippen MR) is 132 cm³/mol. The summed E-state index contributed by atoms with van der Waals surface area (Å²) in [5.74, 6) is 1.57. The zero-order valence-corrected chi connectivity index (χ0v) is 19.6. The maximum absolute atomic E-state index is 13.5. The molecule has 0 spiro atoms. The third kappa shape index (κ3) is 4.25. The van der Waals surface area contributed by atoms with Gasteiger partial charge in [-0.15, -0.1) is 5.10 Å². The number of likely N-dealkylation sites (tertiary alicyclic amines) is 1. The van der Waals surface area contributed by atoms with Crippen LogP contribution >= 0.6 is 0 Å². The summed E-state index contributed by atoms with van der Waals surface area (Å²) < 4.78 is 3.22. The normalized spacial score (nSPS) is 14.6. The molecule has 3 heterocycles. The van der Waals surface area contributed by atoms with E-state index < -0.39 is 0 Å². The van der Waals surface area contributed by atoms with Gasteiger partial charge in [-0.3, -0.25) is 9.59 Å². The molecule has 0 aliphatic carbocycles. The molecule has 174 valence electrons. The average molecular weight is 456 g/mol. The third-order valence-corrected chi connectivity index (χ3v) is 6.81. The summed E-state index contributed by atoms with van der Waals surface area (Å²) in [6, 6.07) is 19.5. The summed E-state index contributed by atoms with van der Waals surface area (Å²) in [6.45, 7) is 5.82. The van der Waals surface area contributed by atoms with Gasteiger partial charge in [0.2, 0.25) is 11.7 Å². The highest BCUT2D eigenvalue weighted by atomic mass is 16.2. The Bertz CT molecular complexity index is 1370. The van der Waals surface area contributed by atoms with E-state index in [-0.39, 0.29) is 18.0 Å². The van der Waals surface area contributed by atoms with Gasteiger partial charge >= 0.3 is 0 Å². The molecule has 34 heavy (non-hydrogen) atoms. The first-order chi connectivity index (χ1) is 16.5. The number of amides is 1. The number of hydrogen-bond acceptors (Lipinski definition) is 4. The molecule has 0 saturated carbocycles. The second-order valence-electron chi connectivity index (χ2n) is 9.19. The van der Waals surface area contributed by atoms with Crippen molar-refractivity contribution in [3.8, 4) is 11.4 Å². The van der Waals surface area contributed by atoms with Crippen molar-refractivity contribution in [2.24, 2.45) is 5.92 Å². The van der Waals surface area contributed by atoms with Gasteiger partial charge in [0.1, 0.15) is 6.54 Å². The Morgan fingerprint density at radius 2 is 1.65 bits per heavy atom. The van der Waals surface area contributed by atoms with Crippen LogP contribution in [0.4, 0.5) is 0 Å². The van der Waals surface area contributed by atoms with E-state index in [1.165, 1.54) is 4.52 Å². The number of carbonyl (C=O) groups excluding carboxylic acids is 1. The van der Waals surface area contributed by atoms with Crippen molar-refractivity contribution in [3.63, 3.8) is 0 Å². The van der Waals surface area contributed by atoms with E-state index in [0.717, 1.165) is 42.8 Å². The number of fused-ring (bicyclic) bond motifs is 1. The Morgan fingerprint density at radius 1 is 1.00 bits per heavy atom. The quantitative estimate of drug-likeness (QED) is 0.460. The van der Waals surface area contributed by atoms with Gasteiger partial charge in [-0.1, -0.05) is 67.6 Å². The number of benzene rings is 2. The van der Waals surface area contributed by atoms with Gasteiger partial charge in [0, 0.05) is 36.3 Å². The van der Waals surface area contributed by atoms with Crippen LogP contribution in [0.15, 0.2) is 65.5 Å². The molecule has 0 radical (unpaired) electrons. The predicted octanol–water partition coefficient (Wildman–Crippen LogP) is 3.72. The highest BCUT2D eigenvalue weighted by Gasteiger charge is 2.24. The summed E-state index contributed by atoms with van der Waals surface area (Å²) in [6.07, 6.45) is 2.51. The van der Waals surface area contributed by atoms with Gasteiger partial charge in [-0.25, -0.2) is 0 Å². The topological polar surface area (TPSA) is 72.5 Å². The molecule has 1 aliphatic rings. The fourth-order valence-corrected chi connectivity index (χ4v) is 4.61. The minimum Gasteiger partial charge on any atom is -0.341 e. The molecule has 1 aliphatic heterocycles. The number of nitrogens with zero attached hydrogens (tertiary/aromatic N) is 5. The Balaban J connectivity index is 1.61. The maximum Gasteiger partial charge on any atom is 0.279 e. The van der Waals surface area contributed by atoms with E-state index in [1.54, 1.807) is 0 Å². The Kier molecular flexibility index (Phi) is 6.01. The summed E-state index contributed by atoms with van der Waals surface area (Å²) in [5, 5.41) is 4.56. The minimum atomic E-state index is -0.193. The second kappa shape index (κ2) is 9.25. The molecule has 1 fully saturated rings. The first-order valence-corrected chi connectivity index (χ1v) is 11.9. The third-order valence-electron chi connectivity index (χ3n) is 6.81. The van der Waals surface area contributed by atoms with Crippen LogP contribution in [0.1, 0.15) is 36.6 Å². The number of aromatic nitrogens is 4. The molecule has 0 atom stereocenters. The summed E-state index contributed by atoms with van der Waals surface area (Å²) in [4.78, 5) is 33.4. The van der Waals surface area contributed by atoms with E-state index in [2.05, 4.69) is 12.0 Å². The molecule has 4 aromatic rings. The Morgan fingerprint density at radius 3 is 2.32 bits per heavy atom. The maximum atomic E-state index is 13.5. The Labute approximate surface area is 198 Å². The van der Waals surface area contributed by atoms with Crippen LogP contribution in [0.5, 0.6) is 0 Å². The smallest absolute Gasteiger partial charge is 0.279 e. The van der Waals surface area contributed by atoms with Crippen LogP contribution < -0.4 is 5.56 Å². The van der Waals surface area contributed by atoms with E-state index in [4.69, 9.17) is 4.98 Å². The van der Waals surface area contributed by atoms with Crippen molar-refractivity contribution in [2.75, 3.05) is 13.1 Å². The summed E-state index contributed by atoms with van der Waals surface area (Å²) in [7, 11) is 0. The zero-order valence-electron chi connectivity index (χ0n) is 19.6. The number of piperidine rings is 1. The molecule has 1 amide bonds. The highest BCUT2D eigenvalue weighted by Crippen LogP contribution is 2.20. The molecule has 2 aromatic carbocycles. The van der Waals surface area contributed by atoms with Gasteiger partial charge in [-0.05, 0) is 31.2 Å². The lowest BCUT2D eigenvalue weighted by Gasteiger charge is -2.31. The molecule has 2 aromatic heterocycles. The second-order valence-corrected chi connectivity index (χ2v) is 9.19. The van der Waals surface area contributed by atoms with Crippen LogP contribution in [-0.2, 0) is 17.8 Å². The average Bonchev–Trinajstić information content (AvgIpc) is 3.32. The molecule has 7 nitrogen and oxygen atoms in total. The monoisotopic (exact) mass is 455 g/mol. The van der Waals surface area contributed by atoms with E-state index >= 15 is 0 Å². The molecular formula is C27H29N5O2. The number of carbonyl (C=O) groups is 1. The summed E-state index contributed by atoms with van der Waals surface area (Å²) >= 11 is 0. The lowest BCUT2D eigenvalue weighted by Crippen LogP contribution is -2.40. The first-order valence-electron chi connectivity index (χ1n) is 11.9.